The lowest BCUT2D eigenvalue weighted by Gasteiger charge is -2.39. The molecular weight excluding hydrogens is 414 g/mol. The molecule has 0 aromatic rings. The van der Waals surface area contributed by atoms with Crippen molar-refractivity contribution in [2.45, 2.75) is 135 Å². The number of nitrogens with zero attached hydrogens (tertiary/aromatic N) is 1. The van der Waals surface area contributed by atoms with Crippen molar-refractivity contribution < 1.29 is 28.5 Å². The van der Waals surface area contributed by atoms with Crippen LogP contribution in [0.3, 0.4) is 0 Å². The third-order valence-electron chi connectivity index (χ3n) is 6.50. The third kappa shape index (κ3) is 6.90. The Bertz CT molecular complexity index is 619. The second-order valence-electron chi connectivity index (χ2n) is 12.0. The van der Waals surface area contributed by atoms with Crippen molar-refractivity contribution in [3.63, 3.8) is 0 Å². The van der Waals surface area contributed by atoms with Gasteiger partial charge < -0.3 is 23.7 Å². The summed E-state index contributed by atoms with van der Waals surface area (Å²) < 4.78 is 24.3. The molecule has 1 amide bonds. The van der Waals surface area contributed by atoms with Crippen molar-refractivity contribution in [2.75, 3.05) is 6.61 Å². The zero-order valence-corrected chi connectivity index (χ0v) is 22.3. The van der Waals surface area contributed by atoms with E-state index in [9.17, 15) is 9.90 Å². The van der Waals surface area contributed by atoms with Gasteiger partial charge in [-0.15, -0.1) is 0 Å². The van der Waals surface area contributed by atoms with Gasteiger partial charge in [0, 0.05) is 6.04 Å². The monoisotopic (exact) mass is 459 g/mol. The van der Waals surface area contributed by atoms with Crippen LogP contribution in [0.1, 0.15) is 81.1 Å². The molecule has 1 heterocycles. The fraction of sp³-hybridized carbons (Fsp3) is 0.957. The topological polar surface area (TPSA) is 77.5 Å². The lowest BCUT2D eigenvalue weighted by molar-refractivity contribution is -0.167. The normalized spacial score (nSPS) is 26.2. The summed E-state index contributed by atoms with van der Waals surface area (Å²) in [5.74, 6) is -0.924. The molecular formula is C23H45NO6Si. The van der Waals surface area contributed by atoms with Crippen LogP contribution >= 0.6 is 0 Å². The minimum Gasteiger partial charge on any atom is -0.444 e. The zero-order chi connectivity index (χ0) is 23.8. The van der Waals surface area contributed by atoms with E-state index in [0.29, 0.717) is 0 Å². The minimum absolute atomic E-state index is 0.00774. The molecule has 7 nitrogen and oxygen atoms in total. The van der Waals surface area contributed by atoms with Crippen LogP contribution in [-0.4, -0.2) is 66.9 Å². The molecule has 8 heteroatoms. The van der Waals surface area contributed by atoms with Gasteiger partial charge in [-0.25, -0.2) is 4.79 Å². The first-order chi connectivity index (χ1) is 13.9. The maximum absolute atomic E-state index is 13.2. The Labute approximate surface area is 189 Å². The Kier molecular flexibility index (Phi) is 7.97. The molecule has 1 saturated heterocycles. The van der Waals surface area contributed by atoms with Crippen LogP contribution in [0.15, 0.2) is 0 Å². The van der Waals surface area contributed by atoms with Gasteiger partial charge in [0.25, 0.3) is 0 Å². The number of carbonyl (C=O) groups excluding carboxylic acids is 1. The molecule has 1 aliphatic heterocycles. The summed E-state index contributed by atoms with van der Waals surface area (Å²) in [6.45, 7) is 20.1. The van der Waals surface area contributed by atoms with Crippen LogP contribution in [0.5, 0.6) is 0 Å². The first kappa shape index (κ1) is 26.6. The van der Waals surface area contributed by atoms with Crippen molar-refractivity contribution in [2.24, 2.45) is 0 Å². The summed E-state index contributed by atoms with van der Waals surface area (Å²) in [7, 11) is -2.04. The van der Waals surface area contributed by atoms with Crippen LogP contribution in [0.4, 0.5) is 4.79 Å². The second-order valence-corrected chi connectivity index (χ2v) is 16.8. The SMILES string of the molecule is CC(C)(C)OC(=O)N(C1CCCC1)C1OC(C)(C)O[C@@H]1[C@H](O)CO[Si](C)(C)C(C)(C)C. The zero-order valence-electron chi connectivity index (χ0n) is 21.3. The lowest BCUT2D eigenvalue weighted by atomic mass is 10.1. The van der Waals surface area contributed by atoms with Crippen molar-refractivity contribution in [1.29, 1.82) is 0 Å². The molecule has 1 unspecified atom stereocenters. The molecule has 0 radical (unpaired) electrons. The van der Waals surface area contributed by atoms with Gasteiger partial charge in [0.15, 0.2) is 20.3 Å². The number of aliphatic hydroxyl groups excluding tert-OH is 1. The molecule has 182 valence electrons. The van der Waals surface area contributed by atoms with Gasteiger partial charge in [0.2, 0.25) is 0 Å². The molecule has 3 atom stereocenters. The average molecular weight is 460 g/mol. The molecule has 1 aliphatic carbocycles. The van der Waals surface area contributed by atoms with E-state index >= 15 is 0 Å². The highest BCUT2D eigenvalue weighted by Gasteiger charge is 2.52. The number of rotatable bonds is 6. The molecule has 1 N–H and O–H groups in total. The predicted molar refractivity (Wildman–Crippen MR) is 123 cm³/mol. The van der Waals surface area contributed by atoms with Crippen LogP contribution in [0.25, 0.3) is 0 Å². The number of hydrogen-bond donors (Lipinski definition) is 1. The predicted octanol–water partition coefficient (Wildman–Crippen LogP) is 5.03. The summed E-state index contributed by atoms with van der Waals surface area (Å²) in [6, 6.07) is 0.00774. The Morgan fingerprint density at radius 2 is 1.68 bits per heavy atom. The van der Waals surface area contributed by atoms with E-state index in [1.54, 1.807) is 4.90 Å². The first-order valence-electron chi connectivity index (χ1n) is 11.6. The maximum atomic E-state index is 13.2. The summed E-state index contributed by atoms with van der Waals surface area (Å²) in [4.78, 5) is 14.9. The van der Waals surface area contributed by atoms with Crippen LogP contribution in [0, 0.1) is 0 Å². The van der Waals surface area contributed by atoms with Gasteiger partial charge >= 0.3 is 6.09 Å². The number of carbonyl (C=O) groups is 1. The number of amides is 1. The highest BCUT2D eigenvalue weighted by Crippen LogP contribution is 2.39. The fourth-order valence-corrected chi connectivity index (χ4v) is 4.84. The van der Waals surface area contributed by atoms with Gasteiger partial charge in [-0.2, -0.15) is 0 Å². The molecule has 0 aromatic heterocycles. The second kappa shape index (κ2) is 9.29. The summed E-state index contributed by atoms with van der Waals surface area (Å²) >= 11 is 0. The van der Waals surface area contributed by atoms with Crippen LogP contribution in [0.2, 0.25) is 18.1 Å². The quantitative estimate of drug-likeness (QED) is 0.562. The van der Waals surface area contributed by atoms with Gasteiger partial charge in [-0.3, -0.25) is 4.90 Å². The van der Waals surface area contributed by atoms with Gasteiger partial charge in [-0.05, 0) is 65.6 Å². The number of aliphatic hydroxyl groups is 1. The van der Waals surface area contributed by atoms with E-state index in [4.69, 9.17) is 18.6 Å². The maximum Gasteiger partial charge on any atom is 0.412 e. The van der Waals surface area contributed by atoms with E-state index in [1.807, 2.05) is 34.6 Å². The molecule has 0 spiro atoms. The molecule has 2 fully saturated rings. The van der Waals surface area contributed by atoms with E-state index in [-0.39, 0.29) is 17.7 Å². The van der Waals surface area contributed by atoms with Gasteiger partial charge in [-0.1, -0.05) is 33.6 Å². The van der Waals surface area contributed by atoms with E-state index in [1.165, 1.54) is 0 Å². The molecule has 1 saturated carbocycles. The van der Waals surface area contributed by atoms with E-state index in [2.05, 4.69) is 33.9 Å². The highest BCUT2D eigenvalue weighted by molar-refractivity contribution is 6.74. The Morgan fingerprint density at radius 1 is 1.13 bits per heavy atom. The van der Waals surface area contributed by atoms with Crippen LogP contribution in [-0.2, 0) is 18.6 Å². The summed E-state index contributed by atoms with van der Waals surface area (Å²) in [5, 5.41) is 11.1. The molecule has 31 heavy (non-hydrogen) atoms. The molecule has 2 rings (SSSR count). The fourth-order valence-electron chi connectivity index (χ4n) is 3.82. The standard InChI is InChI=1S/C23H45NO6Si/c1-21(2,3)30-20(26)24(16-13-11-12-14-16)19-18(28-23(7,8)29-19)17(25)15-27-31(9,10)22(4,5)6/h16-19,25H,11-15H2,1-10H3/t17-,18-,19?/m1/s1. The Morgan fingerprint density at radius 3 is 2.16 bits per heavy atom. The van der Waals surface area contributed by atoms with Crippen molar-refractivity contribution in [3.8, 4) is 0 Å². The Hall–Kier alpha value is -0.673. The largest absolute Gasteiger partial charge is 0.444 e. The molecule has 2 aliphatic rings. The van der Waals surface area contributed by atoms with Crippen LogP contribution < -0.4 is 0 Å². The lowest BCUT2D eigenvalue weighted by Crippen LogP contribution is -2.55. The smallest absolute Gasteiger partial charge is 0.412 e. The molecule has 0 bridgehead atoms. The number of ether oxygens (including phenoxy) is 3. The molecule has 0 aromatic carbocycles. The Balaban J connectivity index is 2.25. The van der Waals surface area contributed by atoms with Crippen molar-refractivity contribution >= 4 is 14.4 Å². The number of hydrogen-bond acceptors (Lipinski definition) is 6. The van der Waals surface area contributed by atoms with Gasteiger partial charge in [0.05, 0.1) is 6.61 Å². The third-order valence-corrected chi connectivity index (χ3v) is 11.0. The first-order valence-corrected chi connectivity index (χ1v) is 14.5. The van der Waals surface area contributed by atoms with E-state index < -0.39 is 44.2 Å². The minimum atomic E-state index is -2.04. The van der Waals surface area contributed by atoms with Crippen molar-refractivity contribution in [1.82, 2.24) is 4.90 Å². The average Bonchev–Trinajstić information content (AvgIpc) is 3.18. The summed E-state index contributed by atoms with van der Waals surface area (Å²) in [6.07, 6.45) is 1.11. The summed E-state index contributed by atoms with van der Waals surface area (Å²) in [5.41, 5.74) is -0.623. The van der Waals surface area contributed by atoms with Crippen molar-refractivity contribution in [3.05, 3.63) is 0 Å². The van der Waals surface area contributed by atoms with Gasteiger partial charge in [0.1, 0.15) is 17.8 Å². The van der Waals surface area contributed by atoms with E-state index in [0.717, 1.165) is 25.7 Å². The highest BCUT2D eigenvalue weighted by atomic mass is 28.4.